The Bertz CT molecular complexity index is 156. The van der Waals surface area contributed by atoms with Crippen molar-refractivity contribution in [3.8, 4) is 0 Å². The van der Waals surface area contributed by atoms with E-state index in [4.69, 9.17) is 10.2 Å². The van der Waals surface area contributed by atoms with Crippen LogP contribution in [0.15, 0.2) is 0 Å². The van der Waals surface area contributed by atoms with Gasteiger partial charge in [-0.1, -0.05) is 0 Å². The number of aliphatic hydroxyl groups is 2. The Morgan fingerprint density at radius 1 is 0.786 bits per heavy atom. The molecule has 0 fully saturated rings. The fourth-order valence-corrected chi connectivity index (χ4v) is 0. The first-order chi connectivity index (χ1) is 6.27. The first kappa shape index (κ1) is 18.7. The van der Waals surface area contributed by atoms with Crippen molar-refractivity contribution in [2.45, 2.75) is 27.7 Å². The van der Waals surface area contributed by atoms with Crippen LogP contribution in [0.5, 0.6) is 0 Å². The average Bonchev–Trinajstić information content (AvgIpc) is 2.04. The molecule has 84 valence electrons. The lowest BCUT2D eigenvalue weighted by molar-refractivity contribution is -0.120. The quantitative estimate of drug-likeness (QED) is 0.649. The summed E-state index contributed by atoms with van der Waals surface area (Å²) < 4.78 is 0. The molecular formula is C9H18O5. The Labute approximate surface area is 83.7 Å². The minimum atomic E-state index is -0.333. The van der Waals surface area contributed by atoms with Crippen LogP contribution in [-0.4, -0.2) is 40.8 Å². The molecule has 0 aromatic carbocycles. The second kappa shape index (κ2) is 14.5. The summed E-state index contributed by atoms with van der Waals surface area (Å²) in [7, 11) is 0. The molecule has 2 N–H and O–H groups in total. The zero-order chi connectivity index (χ0) is 12.1. The van der Waals surface area contributed by atoms with Gasteiger partial charge in [-0.2, -0.15) is 0 Å². The van der Waals surface area contributed by atoms with Crippen molar-refractivity contribution in [3.63, 3.8) is 0 Å². The maximum atomic E-state index is 9.56. The molecule has 0 atom stereocenters. The highest BCUT2D eigenvalue weighted by Crippen LogP contribution is 1.56. The third-order valence-corrected chi connectivity index (χ3v) is 0.445. The smallest absolute Gasteiger partial charge is 0.155 e. The van der Waals surface area contributed by atoms with Crippen LogP contribution in [0.3, 0.4) is 0 Å². The minimum absolute atomic E-state index is 0.167. The monoisotopic (exact) mass is 206 g/mol. The second-order valence-electron chi connectivity index (χ2n) is 2.63. The molecule has 0 spiro atoms. The fourth-order valence-electron chi connectivity index (χ4n) is 0. The van der Waals surface area contributed by atoms with Gasteiger partial charge in [-0.15, -0.1) is 0 Å². The highest BCUT2D eigenvalue weighted by molar-refractivity contribution is 5.76. The van der Waals surface area contributed by atoms with E-state index in [1.54, 1.807) is 0 Å². The van der Waals surface area contributed by atoms with Gasteiger partial charge in [0.05, 0.1) is 0 Å². The van der Waals surface area contributed by atoms with Crippen LogP contribution in [0, 0.1) is 0 Å². The van der Waals surface area contributed by atoms with Crippen molar-refractivity contribution in [1.82, 2.24) is 0 Å². The largest absolute Gasteiger partial charge is 0.389 e. The Kier molecular flexibility index (Phi) is 19.3. The predicted molar refractivity (Wildman–Crippen MR) is 51.9 cm³/mol. The minimum Gasteiger partial charge on any atom is -0.389 e. The number of carbonyl (C=O) groups is 3. The highest BCUT2D eigenvalue weighted by atomic mass is 16.3. The number of ketones is 3. The summed E-state index contributed by atoms with van der Waals surface area (Å²) in [6.45, 7) is 5.06. The molecule has 0 aromatic rings. The Balaban J connectivity index is -0.000000131. The lowest BCUT2D eigenvalue weighted by atomic mass is 10.5. The van der Waals surface area contributed by atoms with Gasteiger partial charge in [-0.3, -0.25) is 9.59 Å². The van der Waals surface area contributed by atoms with Gasteiger partial charge in [0.2, 0.25) is 0 Å². The number of hydrogen-bond donors (Lipinski definition) is 2. The lowest BCUT2D eigenvalue weighted by Gasteiger charge is -1.72. The van der Waals surface area contributed by atoms with E-state index in [1.807, 2.05) is 0 Å². The Morgan fingerprint density at radius 2 is 0.857 bits per heavy atom. The molecule has 0 aliphatic carbocycles. The maximum Gasteiger partial charge on any atom is 0.155 e. The van der Waals surface area contributed by atoms with Crippen LogP contribution in [-0.2, 0) is 14.4 Å². The molecule has 5 heteroatoms. The van der Waals surface area contributed by atoms with Crippen molar-refractivity contribution in [3.05, 3.63) is 0 Å². The lowest BCUT2D eigenvalue weighted by Crippen LogP contribution is -1.93. The third kappa shape index (κ3) is 126. The fraction of sp³-hybridized carbons (Fsp3) is 0.667. The van der Waals surface area contributed by atoms with Crippen molar-refractivity contribution >= 4 is 17.3 Å². The van der Waals surface area contributed by atoms with Crippen LogP contribution >= 0.6 is 0 Å². The summed E-state index contributed by atoms with van der Waals surface area (Å²) in [5, 5.41) is 15.6. The van der Waals surface area contributed by atoms with E-state index in [0.717, 1.165) is 0 Å². The topological polar surface area (TPSA) is 91.7 Å². The van der Waals surface area contributed by atoms with E-state index >= 15 is 0 Å². The SMILES string of the molecule is CC(=O)CO.CC(=O)CO.CC(C)=O. The van der Waals surface area contributed by atoms with Crippen LogP contribution in [0.4, 0.5) is 0 Å². The zero-order valence-electron chi connectivity index (χ0n) is 9.03. The molecule has 0 saturated carbocycles. The van der Waals surface area contributed by atoms with E-state index in [-0.39, 0.29) is 30.6 Å². The molecule has 0 radical (unpaired) electrons. The number of hydrogen-bond acceptors (Lipinski definition) is 5. The van der Waals surface area contributed by atoms with Crippen LogP contribution < -0.4 is 0 Å². The second-order valence-corrected chi connectivity index (χ2v) is 2.63. The van der Waals surface area contributed by atoms with Gasteiger partial charge in [0.15, 0.2) is 11.6 Å². The Hall–Kier alpha value is -1.07. The maximum absolute atomic E-state index is 9.56. The molecule has 0 aliphatic heterocycles. The zero-order valence-corrected chi connectivity index (χ0v) is 9.03. The third-order valence-electron chi connectivity index (χ3n) is 0.445. The molecule has 0 bridgehead atoms. The van der Waals surface area contributed by atoms with Crippen LogP contribution in [0.2, 0.25) is 0 Å². The molecule has 14 heavy (non-hydrogen) atoms. The van der Waals surface area contributed by atoms with Gasteiger partial charge in [0.25, 0.3) is 0 Å². The molecule has 0 aromatic heterocycles. The van der Waals surface area contributed by atoms with Crippen LogP contribution in [0.1, 0.15) is 27.7 Å². The summed E-state index contributed by atoms with van der Waals surface area (Å²) in [5.41, 5.74) is 0. The van der Waals surface area contributed by atoms with Gasteiger partial charge in [-0.25, -0.2) is 0 Å². The van der Waals surface area contributed by atoms with E-state index in [9.17, 15) is 14.4 Å². The standard InChI is InChI=1S/2C3H6O2.C3H6O/c2*1-3(5)2-4;1-3(2)4/h2*4H,2H2,1H3;1-2H3. The summed E-state index contributed by atoms with van der Waals surface area (Å²) >= 11 is 0. The molecule has 0 saturated heterocycles. The average molecular weight is 206 g/mol. The number of Topliss-reactive ketones (excluding diaryl/α,β-unsaturated/α-hetero) is 3. The van der Waals surface area contributed by atoms with E-state index < -0.39 is 0 Å². The molecular weight excluding hydrogens is 188 g/mol. The van der Waals surface area contributed by atoms with Gasteiger partial charge >= 0.3 is 0 Å². The molecule has 0 unspecified atom stereocenters. The first-order valence-electron chi connectivity index (χ1n) is 3.95. The normalized spacial score (nSPS) is 7.29. The summed E-state index contributed by atoms with van der Waals surface area (Å²) in [6.07, 6.45) is 0. The van der Waals surface area contributed by atoms with Crippen molar-refractivity contribution in [2.75, 3.05) is 13.2 Å². The van der Waals surface area contributed by atoms with E-state index in [2.05, 4.69) is 0 Å². The number of rotatable bonds is 2. The first-order valence-corrected chi connectivity index (χ1v) is 3.95. The summed E-state index contributed by atoms with van der Waals surface area (Å²) in [6, 6.07) is 0. The highest BCUT2D eigenvalue weighted by Gasteiger charge is 1.78. The van der Waals surface area contributed by atoms with Gasteiger partial charge < -0.3 is 15.0 Å². The van der Waals surface area contributed by atoms with Crippen molar-refractivity contribution in [2.24, 2.45) is 0 Å². The molecule has 0 heterocycles. The molecule has 0 rings (SSSR count). The van der Waals surface area contributed by atoms with E-state index in [0.29, 0.717) is 0 Å². The number of aliphatic hydroxyl groups excluding tert-OH is 2. The molecule has 5 nitrogen and oxygen atoms in total. The van der Waals surface area contributed by atoms with Crippen molar-refractivity contribution < 1.29 is 24.6 Å². The summed E-state index contributed by atoms with van der Waals surface area (Å²) in [5.74, 6) is -0.213. The Morgan fingerprint density at radius 3 is 0.857 bits per heavy atom. The number of carbonyl (C=O) groups excluding carboxylic acids is 3. The molecule has 0 amide bonds. The summed E-state index contributed by atoms with van der Waals surface area (Å²) in [4.78, 5) is 28.6. The van der Waals surface area contributed by atoms with Gasteiger partial charge in [-0.05, 0) is 27.7 Å². The van der Waals surface area contributed by atoms with Crippen molar-refractivity contribution in [1.29, 1.82) is 0 Å². The predicted octanol–water partition coefficient (Wildman–Crippen LogP) is -0.269. The van der Waals surface area contributed by atoms with Gasteiger partial charge in [0, 0.05) is 0 Å². The molecule has 0 aliphatic rings. The van der Waals surface area contributed by atoms with Gasteiger partial charge in [0.1, 0.15) is 19.0 Å². The van der Waals surface area contributed by atoms with Crippen LogP contribution in [0.25, 0.3) is 0 Å². The van der Waals surface area contributed by atoms with E-state index in [1.165, 1.54) is 27.7 Å².